The number of fused-ring (bicyclic) bond motifs is 1. The van der Waals surface area contributed by atoms with Crippen molar-refractivity contribution in [3.63, 3.8) is 0 Å². The average Bonchev–Trinajstić information content (AvgIpc) is 2.82. The fraction of sp³-hybridized carbons (Fsp3) is 0.500. The van der Waals surface area contributed by atoms with E-state index in [4.69, 9.17) is 0 Å². The molecule has 2 atom stereocenters. The number of likely N-dealkylation sites (tertiary alicyclic amines) is 1. The van der Waals surface area contributed by atoms with Gasteiger partial charge in [0.05, 0.1) is 6.10 Å². The van der Waals surface area contributed by atoms with Gasteiger partial charge in [-0.2, -0.15) is 0 Å². The van der Waals surface area contributed by atoms with Crippen molar-refractivity contribution in [1.29, 1.82) is 0 Å². The summed E-state index contributed by atoms with van der Waals surface area (Å²) in [5.74, 6) is 0.754. The third kappa shape index (κ3) is 2.67. The average molecular weight is 258 g/mol. The highest BCUT2D eigenvalue weighted by Crippen LogP contribution is 2.26. The predicted octanol–water partition coefficient (Wildman–Crippen LogP) is 2.93. The molecule has 2 heterocycles. The number of hydrogen-bond donors (Lipinski definition) is 2. The van der Waals surface area contributed by atoms with E-state index in [1.165, 1.54) is 12.8 Å². The maximum Gasteiger partial charge on any atom is 0.0937 e. The van der Waals surface area contributed by atoms with Gasteiger partial charge in [-0.3, -0.25) is 0 Å². The lowest BCUT2D eigenvalue weighted by molar-refractivity contribution is 0.0884. The van der Waals surface area contributed by atoms with Crippen molar-refractivity contribution in [3.8, 4) is 0 Å². The van der Waals surface area contributed by atoms with Gasteiger partial charge < -0.3 is 15.0 Å². The van der Waals surface area contributed by atoms with Crippen molar-refractivity contribution in [1.82, 2.24) is 9.88 Å². The standard InChI is InChI=1S/C16H22N2O/c1-12-5-4-8-18(10-12)11-16(19)14-9-17-15-7-3-2-6-13(14)15/h2-3,6-7,9,12,16-17,19H,4-5,8,10-11H2,1H3/t12-,16-/m1/s1. The van der Waals surface area contributed by atoms with Gasteiger partial charge in [-0.25, -0.2) is 0 Å². The number of aromatic nitrogens is 1. The van der Waals surface area contributed by atoms with Crippen molar-refractivity contribution < 1.29 is 5.11 Å². The molecule has 2 aromatic rings. The molecule has 1 aromatic heterocycles. The summed E-state index contributed by atoms with van der Waals surface area (Å²) in [4.78, 5) is 5.63. The molecule has 0 radical (unpaired) electrons. The molecule has 102 valence electrons. The second-order valence-electron chi connectivity index (χ2n) is 5.81. The van der Waals surface area contributed by atoms with Crippen LogP contribution in [0.15, 0.2) is 30.5 Å². The summed E-state index contributed by atoms with van der Waals surface area (Å²) in [6, 6.07) is 8.16. The van der Waals surface area contributed by atoms with Crippen LogP contribution in [0.5, 0.6) is 0 Å². The number of para-hydroxylation sites is 1. The van der Waals surface area contributed by atoms with E-state index in [-0.39, 0.29) is 0 Å². The van der Waals surface area contributed by atoms with Crippen LogP contribution in [0.25, 0.3) is 10.9 Å². The van der Waals surface area contributed by atoms with Crippen LogP contribution in [0.2, 0.25) is 0 Å². The van der Waals surface area contributed by atoms with Gasteiger partial charge in [-0.05, 0) is 31.4 Å². The SMILES string of the molecule is C[C@@H]1CCCN(C[C@@H](O)c2c[nH]c3ccccc23)C1. The summed E-state index contributed by atoms with van der Waals surface area (Å²) >= 11 is 0. The van der Waals surface area contributed by atoms with E-state index < -0.39 is 6.10 Å². The molecule has 2 N–H and O–H groups in total. The van der Waals surface area contributed by atoms with E-state index in [9.17, 15) is 5.11 Å². The molecule has 19 heavy (non-hydrogen) atoms. The summed E-state index contributed by atoms with van der Waals surface area (Å²) < 4.78 is 0. The number of aliphatic hydroxyl groups excluding tert-OH is 1. The Hall–Kier alpha value is -1.32. The topological polar surface area (TPSA) is 39.3 Å². The minimum absolute atomic E-state index is 0.401. The summed E-state index contributed by atoms with van der Waals surface area (Å²) in [7, 11) is 0. The molecule has 0 bridgehead atoms. The summed E-state index contributed by atoms with van der Waals surface area (Å²) in [5.41, 5.74) is 2.12. The van der Waals surface area contributed by atoms with Gasteiger partial charge in [0.2, 0.25) is 0 Å². The fourth-order valence-corrected chi connectivity index (χ4v) is 3.17. The van der Waals surface area contributed by atoms with E-state index in [1.54, 1.807) is 0 Å². The molecule has 0 aliphatic carbocycles. The second-order valence-corrected chi connectivity index (χ2v) is 5.81. The third-order valence-corrected chi connectivity index (χ3v) is 4.15. The number of H-pyrrole nitrogens is 1. The molecule has 1 aliphatic heterocycles. The number of hydrogen-bond acceptors (Lipinski definition) is 2. The number of aromatic amines is 1. The summed E-state index contributed by atoms with van der Waals surface area (Å²) in [6.07, 6.45) is 4.12. The Bertz CT molecular complexity index is 548. The highest BCUT2D eigenvalue weighted by Gasteiger charge is 2.21. The van der Waals surface area contributed by atoms with E-state index in [2.05, 4.69) is 28.9 Å². The molecular formula is C16H22N2O. The van der Waals surface area contributed by atoms with E-state index >= 15 is 0 Å². The summed E-state index contributed by atoms with van der Waals surface area (Å²) in [6.45, 7) is 5.26. The number of aliphatic hydroxyl groups is 1. The molecule has 3 heteroatoms. The van der Waals surface area contributed by atoms with Crippen molar-refractivity contribution >= 4 is 10.9 Å². The Balaban J connectivity index is 1.74. The number of benzene rings is 1. The Morgan fingerprint density at radius 2 is 2.26 bits per heavy atom. The van der Waals surface area contributed by atoms with Crippen molar-refractivity contribution in [2.24, 2.45) is 5.92 Å². The first kappa shape index (κ1) is 12.7. The number of piperidine rings is 1. The Morgan fingerprint density at radius 1 is 1.42 bits per heavy atom. The third-order valence-electron chi connectivity index (χ3n) is 4.15. The van der Waals surface area contributed by atoms with Crippen LogP contribution in [-0.2, 0) is 0 Å². The van der Waals surface area contributed by atoms with Gasteiger partial charge in [0, 0.05) is 35.8 Å². The second kappa shape index (κ2) is 5.35. The molecule has 1 aliphatic rings. The number of nitrogens with zero attached hydrogens (tertiary/aromatic N) is 1. The lowest BCUT2D eigenvalue weighted by atomic mass is 9.99. The highest BCUT2D eigenvalue weighted by molar-refractivity contribution is 5.83. The zero-order valence-electron chi connectivity index (χ0n) is 11.5. The Labute approximate surface area is 114 Å². The Morgan fingerprint density at radius 3 is 3.11 bits per heavy atom. The molecule has 1 fully saturated rings. The molecule has 0 spiro atoms. The van der Waals surface area contributed by atoms with Crippen molar-refractivity contribution in [3.05, 3.63) is 36.0 Å². The van der Waals surface area contributed by atoms with Crippen LogP contribution < -0.4 is 0 Å². The van der Waals surface area contributed by atoms with Crippen LogP contribution >= 0.6 is 0 Å². The van der Waals surface area contributed by atoms with Gasteiger partial charge in [0.1, 0.15) is 0 Å². The predicted molar refractivity (Wildman–Crippen MR) is 78.1 cm³/mol. The van der Waals surface area contributed by atoms with Gasteiger partial charge in [-0.15, -0.1) is 0 Å². The Kier molecular flexibility index (Phi) is 3.58. The van der Waals surface area contributed by atoms with Crippen LogP contribution in [-0.4, -0.2) is 34.6 Å². The minimum Gasteiger partial charge on any atom is -0.387 e. The van der Waals surface area contributed by atoms with Gasteiger partial charge >= 0.3 is 0 Å². The van der Waals surface area contributed by atoms with Crippen LogP contribution in [0, 0.1) is 5.92 Å². The molecule has 3 rings (SSSR count). The van der Waals surface area contributed by atoms with Crippen molar-refractivity contribution in [2.45, 2.75) is 25.9 Å². The normalized spacial score (nSPS) is 22.7. The minimum atomic E-state index is -0.401. The zero-order chi connectivity index (χ0) is 13.2. The molecular weight excluding hydrogens is 236 g/mol. The van der Waals surface area contributed by atoms with E-state index in [0.717, 1.165) is 42.0 Å². The lowest BCUT2D eigenvalue weighted by Gasteiger charge is -2.32. The zero-order valence-corrected chi connectivity index (χ0v) is 11.5. The lowest BCUT2D eigenvalue weighted by Crippen LogP contribution is -2.37. The largest absolute Gasteiger partial charge is 0.387 e. The monoisotopic (exact) mass is 258 g/mol. The first-order valence-electron chi connectivity index (χ1n) is 7.20. The van der Waals surface area contributed by atoms with E-state index in [0.29, 0.717) is 0 Å². The summed E-state index contributed by atoms with van der Waals surface area (Å²) in [5, 5.41) is 11.6. The highest BCUT2D eigenvalue weighted by atomic mass is 16.3. The molecule has 0 unspecified atom stereocenters. The van der Waals surface area contributed by atoms with Gasteiger partial charge in [0.15, 0.2) is 0 Å². The van der Waals surface area contributed by atoms with Crippen LogP contribution in [0.3, 0.4) is 0 Å². The molecule has 1 saturated heterocycles. The van der Waals surface area contributed by atoms with E-state index in [1.807, 2.05) is 18.3 Å². The molecule has 0 amide bonds. The molecule has 3 nitrogen and oxygen atoms in total. The molecule has 0 saturated carbocycles. The number of rotatable bonds is 3. The quantitative estimate of drug-likeness (QED) is 0.888. The maximum absolute atomic E-state index is 10.5. The first-order chi connectivity index (χ1) is 9.24. The number of nitrogens with one attached hydrogen (secondary N) is 1. The van der Waals surface area contributed by atoms with Gasteiger partial charge in [0.25, 0.3) is 0 Å². The van der Waals surface area contributed by atoms with Crippen LogP contribution in [0.4, 0.5) is 0 Å². The first-order valence-corrected chi connectivity index (χ1v) is 7.20. The van der Waals surface area contributed by atoms with Crippen LogP contribution in [0.1, 0.15) is 31.4 Å². The smallest absolute Gasteiger partial charge is 0.0937 e. The fourth-order valence-electron chi connectivity index (χ4n) is 3.17. The number of β-amino-alcohol motifs (C(OH)–C–C–N with tert-alkyl or cyclic N) is 1. The van der Waals surface area contributed by atoms with Gasteiger partial charge in [-0.1, -0.05) is 25.1 Å². The van der Waals surface area contributed by atoms with Crippen molar-refractivity contribution in [2.75, 3.05) is 19.6 Å². The maximum atomic E-state index is 10.5. The molecule has 1 aromatic carbocycles.